The normalized spacial score (nSPS) is 11.2. The van der Waals surface area contributed by atoms with Crippen molar-refractivity contribution < 1.29 is 4.42 Å². The van der Waals surface area contributed by atoms with Gasteiger partial charge in [0.25, 0.3) is 0 Å². The van der Waals surface area contributed by atoms with Gasteiger partial charge in [0.15, 0.2) is 10.8 Å². The van der Waals surface area contributed by atoms with Crippen molar-refractivity contribution in [3.05, 3.63) is 35.3 Å². The lowest BCUT2D eigenvalue weighted by Gasteiger charge is -1.88. The summed E-state index contributed by atoms with van der Waals surface area (Å²) in [6.07, 6.45) is 1.80. The summed E-state index contributed by atoms with van der Waals surface area (Å²) in [5, 5.41) is 11.2. The van der Waals surface area contributed by atoms with E-state index < -0.39 is 0 Å². The third kappa shape index (κ3) is 2.26. The molecule has 0 amide bonds. The molecule has 0 radical (unpaired) electrons. The van der Waals surface area contributed by atoms with E-state index >= 15 is 0 Å². The van der Waals surface area contributed by atoms with E-state index in [1.807, 2.05) is 30.3 Å². The van der Waals surface area contributed by atoms with Gasteiger partial charge in [0, 0.05) is 17.7 Å². The van der Waals surface area contributed by atoms with Crippen molar-refractivity contribution in [1.29, 1.82) is 0 Å². The maximum absolute atomic E-state index is 5.75. The molecule has 2 aromatic heterocycles. The van der Waals surface area contributed by atoms with Crippen molar-refractivity contribution >= 4 is 33.9 Å². The van der Waals surface area contributed by atoms with Crippen molar-refractivity contribution in [2.75, 3.05) is 5.88 Å². The van der Waals surface area contributed by atoms with Crippen LogP contribution in [-0.4, -0.2) is 16.1 Å². The molecule has 0 aliphatic carbocycles. The molecule has 1 aromatic carbocycles. The summed E-state index contributed by atoms with van der Waals surface area (Å²) in [7, 11) is 0. The van der Waals surface area contributed by atoms with Gasteiger partial charge in [-0.2, -0.15) is 0 Å². The van der Waals surface area contributed by atoms with Crippen LogP contribution in [0.2, 0.25) is 0 Å². The van der Waals surface area contributed by atoms with Crippen molar-refractivity contribution in [3.63, 3.8) is 0 Å². The maximum Gasteiger partial charge on any atom is 0.183 e. The fraction of sp³-hybridized carbons (Fsp3) is 0.231. The van der Waals surface area contributed by atoms with Gasteiger partial charge < -0.3 is 4.42 Å². The van der Waals surface area contributed by atoms with E-state index in [1.165, 1.54) is 0 Å². The Morgan fingerprint density at radius 3 is 2.94 bits per heavy atom. The molecule has 0 aliphatic rings. The highest BCUT2D eigenvalue weighted by atomic mass is 35.5. The molecule has 2 heterocycles. The topological polar surface area (TPSA) is 38.9 Å². The fourth-order valence-corrected chi connectivity index (χ4v) is 2.73. The Morgan fingerprint density at radius 2 is 2.11 bits per heavy atom. The monoisotopic (exact) mass is 278 g/mol. The van der Waals surface area contributed by atoms with Crippen LogP contribution < -0.4 is 0 Å². The minimum absolute atomic E-state index is 0.652. The number of benzene rings is 1. The van der Waals surface area contributed by atoms with Crippen LogP contribution in [0.1, 0.15) is 11.4 Å². The highest BCUT2D eigenvalue weighted by Crippen LogP contribution is 2.29. The smallest absolute Gasteiger partial charge is 0.183 e. The Balaban J connectivity index is 1.91. The molecule has 18 heavy (non-hydrogen) atoms. The van der Waals surface area contributed by atoms with Gasteiger partial charge in [0.1, 0.15) is 10.6 Å². The highest BCUT2D eigenvalue weighted by Gasteiger charge is 2.11. The molecule has 0 aliphatic heterocycles. The number of halogens is 1. The molecular formula is C13H11ClN2OS. The third-order valence-corrected chi connectivity index (χ3v) is 3.89. The lowest BCUT2D eigenvalue weighted by molar-refractivity contribution is 0.630. The number of alkyl halides is 1. The summed E-state index contributed by atoms with van der Waals surface area (Å²) in [5.74, 6) is 1.44. The first kappa shape index (κ1) is 11.7. The SMILES string of the molecule is ClCCCc1nnc(-c2cc3ccccc3o2)s1. The molecule has 5 heteroatoms. The quantitative estimate of drug-likeness (QED) is 0.674. The number of hydrogen-bond donors (Lipinski definition) is 0. The molecule has 0 bridgehead atoms. The van der Waals surface area contributed by atoms with E-state index in [9.17, 15) is 0 Å². The Bertz CT molecular complexity index is 629. The summed E-state index contributed by atoms with van der Waals surface area (Å²) < 4.78 is 5.75. The second-order valence-corrected chi connectivity index (χ2v) is 5.38. The molecule has 92 valence electrons. The zero-order valence-electron chi connectivity index (χ0n) is 9.60. The van der Waals surface area contributed by atoms with Crippen LogP contribution in [-0.2, 0) is 6.42 Å². The van der Waals surface area contributed by atoms with Crippen LogP contribution in [0, 0.1) is 0 Å². The molecule has 0 spiro atoms. The average molecular weight is 279 g/mol. The molecular weight excluding hydrogens is 268 g/mol. The molecule has 3 nitrogen and oxygen atoms in total. The minimum Gasteiger partial charge on any atom is -0.453 e. The second kappa shape index (κ2) is 5.08. The van der Waals surface area contributed by atoms with Crippen LogP contribution in [0.4, 0.5) is 0 Å². The molecule has 0 atom stereocenters. The number of aryl methyl sites for hydroxylation is 1. The van der Waals surface area contributed by atoms with E-state index in [4.69, 9.17) is 16.0 Å². The van der Waals surface area contributed by atoms with Gasteiger partial charge in [-0.1, -0.05) is 29.5 Å². The summed E-state index contributed by atoms with van der Waals surface area (Å²) >= 11 is 7.23. The van der Waals surface area contributed by atoms with Crippen LogP contribution >= 0.6 is 22.9 Å². The molecule has 0 saturated carbocycles. The summed E-state index contributed by atoms with van der Waals surface area (Å²) in [6.45, 7) is 0. The van der Waals surface area contributed by atoms with Gasteiger partial charge >= 0.3 is 0 Å². The Labute approximate surface area is 113 Å². The number of nitrogens with zero attached hydrogens (tertiary/aromatic N) is 2. The number of rotatable bonds is 4. The first-order valence-electron chi connectivity index (χ1n) is 5.74. The van der Waals surface area contributed by atoms with Crippen LogP contribution in [0.15, 0.2) is 34.7 Å². The maximum atomic E-state index is 5.75. The molecule has 0 fully saturated rings. The van der Waals surface area contributed by atoms with E-state index in [0.717, 1.165) is 39.6 Å². The van der Waals surface area contributed by atoms with Crippen molar-refractivity contribution in [3.8, 4) is 10.8 Å². The van der Waals surface area contributed by atoms with Gasteiger partial charge in [0.05, 0.1) is 0 Å². The Hall–Kier alpha value is -1.39. The number of fused-ring (bicyclic) bond motifs is 1. The van der Waals surface area contributed by atoms with Crippen LogP contribution in [0.5, 0.6) is 0 Å². The molecule has 0 unspecified atom stereocenters. The molecule has 3 rings (SSSR count). The minimum atomic E-state index is 0.652. The van der Waals surface area contributed by atoms with Gasteiger partial charge in [-0.25, -0.2) is 0 Å². The molecule has 3 aromatic rings. The Kier molecular flexibility index (Phi) is 3.30. The van der Waals surface area contributed by atoms with Crippen molar-refractivity contribution in [1.82, 2.24) is 10.2 Å². The predicted molar refractivity (Wildman–Crippen MR) is 74.2 cm³/mol. The van der Waals surface area contributed by atoms with E-state index in [0.29, 0.717) is 5.88 Å². The average Bonchev–Trinajstić information content (AvgIpc) is 3.02. The second-order valence-electron chi connectivity index (χ2n) is 3.94. The lowest BCUT2D eigenvalue weighted by Crippen LogP contribution is -1.84. The largest absolute Gasteiger partial charge is 0.453 e. The zero-order valence-corrected chi connectivity index (χ0v) is 11.2. The standard InChI is InChI=1S/C13H11ClN2OS/c14-7-3-6-12-15-16-13(18-12)11-8-9-4-1-2-5-10(9)17-11/h1-2,4-5,8H,3,6-7H2. The number of hydrogen-bond acceptors (Lipinski definition) is 4. The van der Waals surface area contributed by atoms with Gasteiger partial charge in [-0.05, 0) is 18.6 Å². The fourth-order valence-electron chi connectivity index (χ4n) is 1.76. The van der Waals surface area contributed by atoms with E-state index in [-0.39, 0.29) is 0 Å². The van der Waals surface area contributed by atoms with Crippen molar-refractivity contribution in [2.45, 2.75) is 12.8 Å². The number of aromatic nitrogens is 2. The van der Waals surface area contributed by atoms with E-state index in [2.05, 4.69) is 10.2 Å². The van der Waals surface area contributed by atoms with E-state index in [1.54, 1.807) is 11.3 Å². The zero-order chi connectivity index (χ0) is 12.4. The predicted octanol–water partition coefficient (Wildman–Crippen LogP) is 4.12. The lowest BCUT2D eigenvalue weighted by atomic mass is 10.2. The first-order chi connectivity index (χ1) is 8.86. The third-order valence-electron chi connectivity index (χ3n) is 2.63. The van der Waals surface area contributed by atoms with Crippen molar-refractivity contribution in [2.24, 2.45) is 0 Å². The van der Waals surface area contributed by atoms with Gasteiger partial charge in [0.2, 0.25) is 0 Å². The Morgan fingerprint density at radius 1 is 1.22 bits per heavy atom. The molecule has 0 saturated heterocycles. The summed E-state index contributed by atoms with van der Waals surface area (Å²) in [5.41, 5.74) is 0.880. The summed E-state index contributed by atoms with van der Waals surface area (Å²) in [6, 6.07) is 9.93. The van der Waals surface area contributed by atoms with Crippen LogP contribution in [0.3, 0.4) is 0 Å². The van der Waals surface area contributed by atoms with Gasteiger partial charge in [-0.3, -0.25) is 0 Å². The highest BCUT2D eigenvalue weighted by molar-refractivity contribution is 7.14. The first-order valence-corrected chi connectivity index (χ1v) is 7.09. The summed E-state index contributed by atoms with van der Waals surface area (Å²) in [4.78, 5) is 0. The number of furan rings is 1. The van der Waals surface area contributed by atoms with Gasteiger partial charge in [-0.15, -0.1) is 21.8 Å². The number of para-hydroxylation sites is 1. The van der Waals surface area contributed by atoms with Crippen LogP contribution in [0.25, 0.3) is 21.7 Å². The molecule has 0 N–H and O–H groups in total.